The summed E-state index contributed by atoms with van der Waals surface area (Å²) in [5.74, 6) is 0.796. The normalized spacial score (nSPS) is 17.7. The molecule has 0 atom stereocenters. The summed E-state index contributed by atoms with van der Waals surface area (Å²) in [5, 5.41) is 23.6. The number of nitrogens with zero attached hydrogens (tertiary/aromatic N) is 2. The zero-order valence-electron chi connectivity index (χ0n) is 20.9. The maximum Gasteiger partial charge on any atom is 0.329 e. The Hall–Kier alpha value is -3.16. The predicted octanol–water partition coefficient (Wildman–Crippen LogP) is 5.06. The van der Waals surface area contributed by atoms with Crippen molar-refractivity contribution in [2.24, 2.45) is 11.8 Å². The third kappa shape index (κ3) is 6.53. The molecule has 1 fully saturated rings. The zero-order valence-corrected chi connectivity index (χ0v) is 20.9. The summed E-state index contributed by atoms with van der Waals surface area (Å²) in [5.41, 5.74) is 5.32. The van der Waals surface area contributed by atoms with Crippen LogP contribution in [-0.2, 0) is 22.5 Å². The van der Waals surface area contributed by atoms with Crippen molar-refractivity contribution in [3.8, 4) is 28.1 Å². The summed E-state index contributed by atoms with van der Waals surface area (Å²) in [6, 6.07) is 18.4. The standard InChI is InChI=1S/C29H36N2O5/c1-35-25-10-5-9-24(17-25)28-26(11-6-16-32)31(30-29(28)23-7-3-2-4-8-23)18-21-12-14-22(15-13-21)19-36-20-27(33)34/h2-5,7-10,17,21-22,32H,6,11-16,18-20H2,1H3,(H,33,34). The molecule has 1 aliphatic rings. The van der Waals surface area contributed by atoms with Crippen LogP contribution >= 0.6 is 0 Å². The highest BCUT2D eigenvalue weighted by molar-refractivity contribution is 5.83. The molecule has 3 aromatic rings. The van der Waals surface area contributed by atoms with E-state index in [0.717, 1.165) is 72.5 Å². The first-order valence-corrected chi connectivity index (χ1v) is 12.8. The van der Waals surface area contributed by atoms with Gasteiger partial charge in [-0.15, -0.1) is 0 Å². The van der Waals surface area contributed by atoms with Crippen LogP contribution in [0.4, 0.5) is 0 Å². The second-order valence-electron chi connectivity index (χ2n) is 9.57. The topological polar surface area (TPSA) is 93.8 Å². The molecule has 0 unspecified atom stereocenters. The van der Waals surface area contributed by atoms with E-state index in [1.165, 1.54) is 0 Å². The Kier molecular flexibility index (Phi) is 9.14. The van der Waals surface area contributed by atoms with Crippen LogP contribution in [0.1, 0.15) is 37.8 Å². The largest absolute Gasteiger partial charge is 0.497 e. The molecular formula is C29H36N2O5. The third-order valence-electron chi connectivity index (χ3n) is 7.01. The Labute approximate surface area is 212 Å². The summed E-state index contributed by atoms with van der Waals surface area (Å²) < 4.78 is 13.0. The molecule has 1 aromatic heterocycles. The molecule has 0 saturated heterocycles. The summed E-state index contributed by atoms with van der Waals surface area (Å²) in [7, 11) is 1.68. The Balaban J connectivity index is 1.62. The van der Waals surface area contributed by atoms with Gasteiger partial charge in [-0.1, -0.05) is 42.5 Å². The van der Waals surface area contributed by atoms with Crippen molar-refractivity contribution >= 4 is 5.97 Å². The van der Waals surface area contributed by atoms with Gasteiger partial charge in [0.25, 0.3) is 0 Å². The number of ether oxygens (including phenoxy) is 2. The van der Waals surface area contributed by atoms with Crippen LogP contribution in [0.3, 0.4) is 0 Å². The number of methoxy groups -OCH3 is 1. The minimum Gasteiger partial charge on any atom is -0.497 e. The van der Waals surface area contributed by atoms with Gasteiger partial charge in [0.05, 0.1) is 13.7 Å². The second-order valence-corrected chi connectivity index (χ2v) is 9.57. The number of hydrogen-bond donors (Lipinski definition) is 2. The molecule has 0 bridgehead atoms. The molecule has 36 heavy (non-hydrogen) atoms. The molecule has 0 spiro atoms. The lowest BCUT2D eigenvalue weighted by Gasteiger charge is -2.28. The number of aromatic nitrogens is 2. The van der Waals surface area contributed by atoms with E-state index < -0.39 is 5.97 Å². The Morgan fingerprint density at radius 2 is 1.75 bits per heavy atom. The average molecular weight is 493 g/mol. The van der Waals surface area contributed by atoms with Gasteiger partial charge >= 0.3 is 5.97 Å². The van der Waals surface area contributed by atoms with Gasteiger partial charge in [0.15, 0.2) is 0 Å². The van der Waals surface area contributed by atoms with Crippen LogP contribution in [0.5, 0.6) is 5.75 Å². The molecule has 1 aliphatic carbocycles. The second kappa shape index (κ2) is 12.7. The van der Waals surface area contributed by atoms with E-state index >= 15 is 0 Å². The van der Waals surface area contributed by atoms with Crippen molar-refractivity contribution in [3.63, 3.8) is 0 Å². The first-order chi connectivity index (χ1) is 17.6. The van der Waals surface area contributed by atoms with Gasteiger partial charge < -0.3 is 19.7 Å². The molecule has 1 heterocycles. The number of carboxylic acids is 1. The van der Waals surface area contributed by atoms with Crippen LogP contribution < -0.4 is 4.74 Å². The predicted molar refractivity (Wildman–Crippen MR) is 139 cm³/mol. The first-order valence-electron chi connectivity index (χ1n) is 12.8. The number of carboxylic acid groups (broad SMARTS) is 1. The summed E-state index contributed by atoms with van der Waals surface area (Å²) >= 11 is 0. The van der Waals surface area contributed by atoms with Crippen LogP contribution in [0.15, 0.2) is 54.6 Å². The molecule has 2 N–H and O–H groups in total. The molecule has 0 amide bonds. The number of aliphatic carboxylic acids is 1. The van der Waals surface area contributed by atoms with Crippen molar-refractivity contribution in [1.82, 2.24) is 9.78 Å². The molecule has 4 rings (SSSR count). The van der Waals surface area contributed by atoms with E-state index in [1.807, 2.05) is 30.3 Å². The van der Waals surface area contributed by atoms with Crippen molar-refractivity contribution in [2.45, 2.75) is 45.1 Å². The van der Waals surface area contributed by atoms with Crippen LogP contribution in [0.25, 0.3) is 22.4 Å². The highest BCUT2D eigenvalue weighted by atomic mass is 16.5. The number of benzene rings is 2. The SMILES string of the molecule is COc1cccc(-c2c(-c3ccccc3)nn(CC3CCC(COCC(=O)O)CC3)c2CCCO)c1. The van der Waals surface area contributed by atoms with Crippen LogP contribution in [-0.4, -0.2) is 52.9 Å². The van der Waals surface area contributed by atoms with E-state index in [9.17, 15) is 9.90 Å². The minimum atomic E-state index is -0.918. The Bertz CT molecular complexity index is 1120. The number of rotatable bonds is 12. The quantitative estimate of drug-likeness (QED) is 0.367. The van der Waals surface area contributed by atoms with Gasteiger partial charge in [-0.05, 0) is 68.1 Å². The smallest absolute Gasteiger partial charge is 0.329 e. The summed E-state index contributed by atoms with van der Waals surface area (Å²) in [6.07, 6.45) is 5.61. The van der Waals surface area contributed by atoms with Crippen LogP contribution in [0.2, 0.25) is 0 Å². The van der Waals surface area contributed by atoms with Crippen molar-refractivity contribution in [2.75, 3.05) is 26.9 Å². The third-order valence-corrected chi connectivity index (χ3v) is 7.01. The number of aliphatic hydroxyl groups is 1. The lowest BCUT2D eigenvalue weighted by Crippen LogP contribution is -2.24. The number of hydrogen-bond acceptors (Lipinski definition) is 5. The number of carbonyl (C=O) groups is 1. The highest BCUT2D eigenvalue weighted by Gasteiger charge is 2.26. The fourth-order valence-electron chi connectivity index (χ4n) is 5.17. The Morgan fingerprint density at radius 3 is 2.44 bits per heavy atom. The van der Waals surface area contributed by atoms with Crippen molar-refractivity contribution in [1.29, 1.82) is 0 Å². The molecule has 0 aliphatic heterocycles. The first kappa shape index (κ1) is 25.9. The maximum absolute atomic E-state index is 10.7. The van der Waals surface area contributed by atoms with Gasteiger partial charge in [-0.25, -0.2) is 4.79 Å². The molecule has 192 valence electrons. The maximum atomic E-state index is 10.7. The molecule has 7 heteroatoms. The van der Waals surface area contributed by atoms with E-state index in [-0.39, 0.29) is 13.2 Å². The Morgan fingerprint density at radius 1 is 1.03 bits per heavy atom. The van der Waals surface area contributed by atoms with Gasteiger partial charge in [0, 0.05) is 30.0 Å². The van der Waals surface area contributed by atoms with Gasteiger partial charge in [0.2, 0.25) is 0 Å². The summed E-state index contributed by atoms with van der Waals surface area (Å²) in [4.78, 5) is 10.7. The monoisotopic (exact) mass is 492 g/mol. The van der Waals surface area contributed by atoms with E-state index in [4.69, 9.17) is 19.7 Å². The molecule has 0 radical (unpaired) electrons. The van der Waals surface area contributed by atoms with Crippen LogP contribution in [0, 0.1) is 11.8 Å². The lowest BCUT2D eigenvalue weighted by atomic mass is 9.82. The van der Waals surface area contributed by atoms with Crippen molar-refractivity contribution < 1.29 is 24.5 Å². The van der Waals surface area contributed by atoms with Gasteiger partial charge in [-0.2, -0.15) is 5.10 Å². The highest BCUT2D eigenvalue weighted by Crippen LogP contribution is 2.38. The minimum absolute atomic E-state index is 0.130. The average Bonchev–Trinajstić information content (AvgIpc) is 3.26. The van der Waals surface area contributed by atoms with Gasteiger partial charge in [-0.3, -0.25) is 4.68 Å². The van der Waals surface area contributed by atoms with E-state index in [1.54, 1.807) is 7.11 Å². The van der Waals surface area contributed by atoms with Gasteiger partial charge in [0.1, 0.15) is 18.1 Å². The fourth-order valence-corrected chi connectivity index (χ4v) is 5.17. The lowest BCUT2D eigenvalue weighted by molar-refractivity contribution is -0.142. The number of aliphatic hydroxyl groups excluding tert-OH is 1. The molecular weight excluding hydrogens is 456 g/mol. The molecule has 7 nitrogen and oxygen atoms in total. The van der Waals surface area contributed by atoms with Crippen molar-refractivity contribution in [3.05, 3.63) is 60.3 Å². The molecule has 2 aromatic carbocycles. The summed E-state index contributed by atoms with van der Waals surface area (Å²) in [6.45, 7) is 1.25. The zero-order chi connectivity index (χ0) is 25.3. The van der Waals surface area contributed by atoms with E-state index in [0.29, 0.717) is 24.9 Å². The van der Waals surface area contributed by atoms with E-state index in [2.05, 4.69) is 28.9 Å². The molecule has 1 saturated carbocycles. The fraction of sp³-hybridized carbons (Fsp3) is 0.448.